The molecule has 2 N–H and O–H groups in total. The van der Waals surface area contributed by atoms with Gasteiger partial charge >= 0.3 is 6.18 Å². The average molecular weight is 513 g/mol. The lowest BCUT2D eigenvalue weighted by Crippen LogP contribution is -2.54. The van der Waals surface area contributed by atoms with Gasteiger partial charge in [0.2, 0.25) is 5.95 Å². The van der Waals surface area contributed by atoms with Crippen LogP contribution in [0.1, 0.15) is 30.9 Å². The molecule has 14 heteroatoms. The van der Waals surface area contributed by atoms with E-state index < -0.39 is 30.1 Å². The van der Waals surface area contributed by atoms with Crippen LogP contribution in [0.2, 0.25) is 0 Å². The molecule has 2 aliphatic heterocycles. The Labute approximate surface area is 204 Å². The van der Waals surface area contributed by atoms with E-state index in [1.165, 1.54) is 16.0 Å². The largest absolute Gasteiger partial charge is 0.419 e. The summed E-state index contributed by atoms with van der Waals surface area (Å²) in [7, 11) is 0. The van der Waals surface area contributed by atoms with Crippen LogP contribution in [0.15, 0.2) is 23.4 Å². The first-order chi connectivity index (χ1) is 17.0. The number of anilines is 2. The molecule has 0 unspecified atom stereocenters. The Morgan fingerprint density at radius 3 is 2.58 bits per heavy atom. The Morgan fingerprint density at radius 2 is 1.92 bits per heavy atom. The Bertz CT molecular complexity index is 1130. The lowest BCUT2D eigenvalue weighted by molar-refractivity contribution is -0.140. The number of carbonyl (C=O) groups excluding carboxylic acids is 1. The molecule has 1 amide bonds. The Kier molecular flexibility index (Phi) is 7.43. The molecule has 2 aromatic rings. The molecule has 10 nitrogen and oxygen atoms in total. The molecular weight excluding hydrogens is 486 g/mol. The summed E-state index contributed by atoms with van der Waals surface area (Å²) < 4.78 is 59.0. The van der Waals surface area contributed by atoms with Gasteiger partial charge in [-0.1, -0.05) is 0 Å². The maximum atomic E-state index is 15.1. The number of hydrogen-bond donors (Lipinski definition) is 2. The van der Waals surface area contributed by atoms with Crippen molar-refractivity contribution in [3.63, 3.8) is 0 Å². The van der Waals surface area contributed by atoms with Gasteiger partial charge in [-0.25, -0.2) is 19.5 Å². The van der Waals surface area contributed by atoms with Gasteiger partial charge in [0.05, 0.1) is 36.6 Å². The van der Waals surface area contributed by atoms with E-state index in [2.05, 4.69) is 25.5 Å². The number of halogens is 4. The fourth-order valence-corrected chi connectivity index (χ4v) is 4.39. The molecular formula is C22H27F4N7O3. The molecule has 4 rings (SSSR count). The molecule has 0 bridgehead atoms. The van der Waals surface area contributed by atoms with Crippen LogP contribution in [0.3, 0.4) is 0 Å². The maximum absolute atomic E-state index is 15.1. The predicted molar refractivity (Wildman–Crippen MR) is 121 cm³/mol. The lowest BCUT2D eigenvalue weighted by atomic mass is 10.0. The molecule has 4 atom stereocenters. The number of rotatable bonds is 7. The minimum Gasteiger partial charge on any atom is -0.379 e. The van der Waals surface area contributed by atoms with Crippen LogP contribution < -0.4 is 15.8 Å². The van der Waals surface area contributed by atoms with Crippen molar-refractivity contribution in [2.45, 2.75) is 57.2 Å². The van der Waals surface area contributed by atoms with E-state index in [0.717, 1.165) is 0 Å². The van der Waals surface area contributed by atoms with E-state index in [0.29, 0.717) is 43.2 Å². The van der Waals surface area contributed by atoms with E-state index >= 15 is 4.39 Å². The summed E-state index contributed by atoms with van der Waals surface area (Å²) in [6, 6.07) is -0.868. The number of alkyl halides is 4. The SMILES string of the molecule is Cc1c(N[C@@H](C)CO[C@@H]2CCN([C@H]3CCN(c4ncc(C(F)(F)F)cn4)C[C@H]3F)C2=O)cn[nH]c1=O. The molecule has 0 aromatic carbocycles. The maximum Gasteiger partial charge on any atom is 0.419 e. The number of likely N-dealkylation sites (tertiary alicyclic amines) is 1. The summed E-state index contributed by atoms with van der Waals surface area (Å²) in [5, 5.41) is 9.24. The van der Waals surface area contributed by atoms with Crippen molar-refractivity contribution in [1.82, 2.24) is 25.1 Å². The minimum atomic E-state index is -4.55. The van der Waals surface area contributed by atoms with Gasteiger partial charge in [0, 0.05) is 43.5 Å². The van der Waals surface area contributed by atoms with Gasteiger partial charge in [-0.05, 0) is 20.3 Å². The van der Waals surface area contributed by atoms with Crippen molar-refractivity contribution in [2.75, 3.05) is 36.5 Å². The Morgan fingerprint density at radius 1 is 1.19 bits per heavy atom. The molecule has 2 aromatic heterocycles. The summed E-state index contributed by atoms with van der Waals surface area (Å²) in [5.41, 5.74) is -0.216. The van der Waals surface area contributed by atoms with Crippen molar-refractivity contribution < 1.29 is 27.1 Å². The van der Waals surface area contributed by atoms with E-state index in [1.54, 1.807) is 6.92 Å². The van der Waals surface area contributed by atoms with Crippen molar-refractivity contribution in [3.8, 4) is 0 Å². The van der Waals surface area contributed by atoms with Crippen LogP contribution in [-0.4, -0.2) is 81.6 Å². The molecule has 0 radical (unpaired) electrons. The van der Waals surface area contributed by atoms with Crippen LogP contribution in [0.4, 0.5) is 29.2 Å². The molecule has 4 heterocycles. The first-order valence-electron chi connectivity index (χ1n) is 11.6. The molecule has 0 aliphatic carbocycles. The zero-order valence-electron chi connectivity index (χ0n) is 19.8. The predicted octanol–water partition coefficient (Wildman–Crippen LogP) is 1.92. The normalized spacial score (nSPS) is 23.7. The van der Waals surface area contributed by atoms with Crippen LogP contribution in [0.5, 0.6) is 0 Å². The lowest BCUT2D eigenvalue weighted by Gasteiger charge is -2.39. The van der Waals surface area contributed by atoms with E-state index in [1.807, 2.05) is 6.92 Å². The summed E-state index contributed by atoms with van der Waals surface area (Å²) in [6.45, 7) is 4.22. The number of aromatic amines is 1. The quantitative estimate of drug-likeness (QED) is 0.540. The fourth-order valence-electron chi connectivity index (χ4n) is 4.39. The van der Waals surface area contributed by atoms with Crippen LogP contribution in [0.25, 0.3) is 0 Å². The monoisotopic (exact) mass is 513 g/mol. The van der Waals surface area contributed by atoms with Crippen molar-refractivity contribution in [1.29, 1.82) is 0 Å². The number of amides is 1. The molecule has 2 aliphatic rings. The van der Waals surface area contributed by atoms with Crippen molar-refractivity contribution >= 4 is 17.5 Å². The number of ether oxygens (including phenoxy) is 1. The topological polar surface area (TPSA) is 116 Å². The minimum absolute atomic E-state index is 0.0189. The summed E-state index contributed by atoms with van der Waals surface area (Å²) in [6.07, 6.45) is -3.10. The molecule has 0 spiro atoms. The van der Waals surface area contributed by atoms with Gasteiger partial charge in [-0.15, -0.1) is 0 Å². The highest BCUT2D eigenvalue weighted by molar-refractivity contribution is 5.83. The second-order valence-electron chi connectivity index (χ2n) is 9.01. The van der Waals surface area contributed by atoms with E-state index in [-0.39, 0.29) is 43.0 Å². The zero-order chi connectivity index (χ0) is 26.0. The van der Waals surface area contributed by atoms with Crippen LogP contribution >= 0.6 is 0 Å². The summed E-state index contributed by atoms with van der Waals surface area (Å²) in [5.74, 6) is -0.270. The third-order valence-corrected chi connectivity index (χ3v) is 6.40. The molecule has 2 fully saturated rings. The number of hydrogen-bond acceptors (Lipinski definition) is 8. The van der Waals surface area contributed by atoms with Gasteiger partial charge < -0.3 is 19.9 Å². The first kappa shape index (κ1) is 25.8. The highest BCUT2D eigenvalue weighted by Crippen LogP contribution is 2.30. The molecule has 2 saturated heterocycles. The number of nitrogens with zero attached hydrogens (tertiary/aromatic N) is 5. The Balaban J connectivity index is 1.28. The van der Waals surface area contributed by atoms with Crippen LogP contribution in [0, 0.1) is 6.92 Å². The first-order valence-corrected chi connectivity index (χ1v) is 11.6. The van der Waals surface area contributed by atoms with Gasteiger partial charge in [-0.3, -0.25) is 9.59 Å². The van der Waals surface area contributed by atoms with Crippen LogP contribution in [-0.2, 0) is 15.7 Å². The summed E-state index contributed by atoms with van der Waals surface area (Å²) in [4.78, 5) is 35.0. The highest BCUT2D eigenvalue weighted by atomic mass is 19.4. The standard InChI is InChI=1S/C22H27F4N7O3/c1-12(30-16-9-29-31-19(34)13(16)2)11-36-18-4-6-33(20(18)35)17-3-5-32(10-15(17)23)21-27-7-14(8-28-21)22(24,25)26/h7-9,12,15,17-18H,3-6,10-11H2,1-2H3,(H2,30,31,34)/t12-,15+,17-,18+/m0/s1. The average Bonchev–Trinajstić information content (AvgIpc) is 3.20. The number of carbonyl (C=O) groups is 1. The van der Waals surface area contributed by atoms with E-state index in [9.17, 15) is 22.8 Å². The summed E-state index contributed by atoms with van der Waals surface area (Å²) >= 11 is 0. The number of nitrogens with one attached hydrogen (secondary N) is 2. The van der Waals surface area contributed by atoms with Gasteiger partial charge in [0.1, 0.15) is 12.3 Å². The van der Waals surface area contributed by atoms with E-state index in [4.69, 9.17) is 4.74 Å². The third-order valence-electron chi connectivity index (χ3n) is 6.40. The smallest absolute Gasteiger partial charge is 0.379 e. The van der Waals surface area contributed by atoms with Crippen molar-refractivity contribution in [2.24, 2.45) is 0 Å². The second-order valence-corrected chi connectivity index (χ2v) is 9.01. The fraction of sp³-hybridized carbons (Fsp3) is 0.591. The zero-order valence-corrected chi connectivity index (χ0v) is 19.8. The highest BCUT2D eigenvalue weighted by Gasteiger charge is 2.42. The third kappa shape index (κ3) is 5.58. The van der Waals surface area contributed by atoms with Gasteiger partial charge in [0.25, 0.3) is 11.5 Å². The van der Waals surface area contributed by atoms with Gasteiger partial charge in [-0.2, -0.15) is 18.3 Å². The number of H-pyrrole nitrogens is 1. The number of piperidine rings is 1. The van der Waals surface area contributed by atoms with Crippen molar-refractivity contribution in [3.05, 3.63) is 40.1 Å². The molecule has 36 heavy (non-hydrogen) atoms. The second kappa shape index (κ2) is 10.4. The Hall–Kier alpha value is -3.29. The van der Waals surface area contributed by atoms with Gasteiger partial charge in [0.15, 0.2) is 0 Å². The number of aromatic nitrogens is 4. The molecule has 0 saturated carbocycles. The molecule has 196 valence electrons.